The molecule has 0 radical (unpaired) electrons. The van der Waals surface area contributed by atoms with Gasteiger partial charge in [-0.1, -0.05) is 42.5 Å². The predicted molar refractivity (Wildman–Crippen MR) is 103 cm³/mol. The van der Waals surface area contributed by atoms with Crippen LogP contribution in [0.3, 0.4) is 0 Å². The SMILES string of the molecule is CNC(=O)[C@H](Cc1ccccc1)NC(=O)c1ccc(-c2cscn2)cc1. The van der Waals surface area contributed by atoms with Gasteiger partial charge in [0.2, 0.25) is 5.91 Å². The molecule has 0 spiro atoms. The van der Waals surface area contributed by atoms with Gasteiger partial charge in [0, 0.05) is 30.0 Å². The van der Waals surface area contributed by atoms with Crippen LogP contribution in [0.25, 0.3) is 11.3 Å². The van der Waals surface area contributed by atoms with E-state index in [0.29, 0.717) is 12.0 Å². The van der Waals surface area contributed by atoms with Gasteiger partial charge in [0.25, 0.3) is 5.91 Å². The number of likely N-dealkylation sites (N-methyl/N-ethyl adjacent to an activating group) is 1. The molecule has 1 aromatic heterocycles. The Labute approximate surface area is 156 Å². The van der Waals surface area contributed by atoms with E-state index >= 15 is 0 Å². The van der Waals surface area contributed by atoms with Gasteiger partial charge < -0.3 is 10.6 Å². The molecule has 0 fully saturated rings. The number of amides is 2. The van der Waals surface area contributed by atoms with Crippen LogP contribution < -0.4 is 10.6 Å². The van der Waals surface area contributed by atoms with Crippen LogP contribution >= 0.6 is 11.3 Å². The number of aromatic nitrogens is 1. The number of benzene rings is 2. The summed E-state index contributed by atoms with van der Waals surface area (Å²) in [7, 11) is 1.56. The van der Waals surface area contributed by atoms with Crippen molar-refractivity contribution in [3.05, 3.63) is 76.6 Å². The molecule has 26 heavy (non-hydrogen) atoms. The molecule has 2 amide bonds. The van der Waals surface area contributed by atoms with Crippen molar-refractivity contribution in [2.24, 2.45) is 0 Å². The standard InChI is InChI=1S/C20H19N3O2S/c1-21-20(25)17(11-14-5-3-2-4-6-14)23-19(24)16-9-7-15(8-10-16)18-12-26-13-22-18/h2-10,12-13,17H,11H2,1H3,(H,21,25)(H,23,24)/t17-/m0/s1. The van der Waals surface area contributed by atoms with E-state index in [1.54, 1.807) is 24.7 Å². The fourth-order valence-corrected chi connectivity index (χ4v) is 3.18. The molecule has 1 atom stereocenters. The fraction of sp³-hybridized carbons (Fsp3) is 0.150. The smallest absolute Gasteiger partial charge is 0.251 e. The maximum absolute atomic E-state index is 12.6. The Kier molecular flexibility index (Phi) is 5.76. The molecule has 2 N–H and O–H groups in total. The molecule has 0 unspecified atom stereocenters. The Bertz CT molecular complexity index is 862. The number of carbonyl (C=O) groups excluding carboxylic acids is 2. The minimum absolute atomic E-state index is 0.221. The van der Waals surface area contributed by atoms with Gasteiger partial charge in [-0.3, -0.25) is 9.59 Å². The highest BCUT2D eigenvalue weighted by Crippen LogP contribution is 2.19. The monoisotopic (exact) mass is 365 g/mol. The molecule has 132 valence electrons. The molecule has 1 heterocycles. The molecule has 3 aromatic rings. The highest BCUT2D eigenvalue weighted by Gasteiger charge is 2.21. The van der Waals surface area contributed by atoms with Crippen LogP contribution in [0.2, 0.25) is 0 Å². The second-order valence-corrected chi connectivity index (χ2v) is 6.50. The number of rotatable bonds is 6. The third-order valence-electron chi connectivity index (χ3n) is 4.03. The molecule has 6 heteroatoms. The first kappa shape index (κ1) is 17.8. The number of hydrogen-bond donors (Lipinski definition) is 2. The predicted octanol–water partition coefficient (Wildman–Crippen LogP) is 2.90. The first-order chi connectivity index (χ1) is 12.7. The summed E-state index contributed by atoms with van der Waals surface area (Å²) < 4.78 is 0. The summed E-state index contributed by atoms with van der Waals surface area (Å²) in [5, 5.41) is 7.39. The third kappa shape index (κ3) is 4.34. The topological polar surface area (TPSA) is 71.1 Å². The second-order valence-electron chi connectivity index (χ2n) is 5.78. The zero-order valence-corrected chi connectivity index (χ0v) is 15.1. The largest absolute Gasteiger partial charge is 0.357 e. The van der Waals surface area contributed by atoms with Crippen molar-refractivity contribution in [2.75, 3.05) is 7.05 Å². The van der Waals surface area contributed by atoms with E-state index < -0.39 is 6.04 Å². The van der Waals surface area contributed by atoms with Gasteiger partial charge >= 0.3 is 0 Å². The molecule has 0 aliphatic carbocycles. The zero-order valence-electron chi connectivity index (χ0n) is 14.3. The summed E-state index contributed by atoms with van der Waals surface area (Å²) in [6.07, 6.45) is 0.434. The summed E-state index contributed by atoms with van der Waals surface area (Å²) in [6, 6.07) is 16.2. The van der Waals surface area contributed by atoms with Crippen LogP contribution in [0.4, 0.5) is 0 Å². The van der Waals surface area contributed by atoms with Crippen molar-refractivity contribution >= 4 is 23.2 Å². The summed E-state index contributed by atoms with van der Waals surface area (Å²) in [5.74, 6) is -0.499. The Hall–Kier alpha value is -2.99. The summed E-state index contributed by atoms with van der Waals surface area (Å²) in [4.78, 5) is 29.0. The van der Waals surface area contributed by atoms with Gasteiger partial charge in [-0.2, -0.15) is 0 Å². The van der Waals surface area contributed by atoms with Crippen LogP contribution in [0.1, 0.15) is 15.9 Å². The van der Waals surface area contributed by atoms with Crippen LogP contribution in [-0.4, -0.2) is 29.9 Å². The Morgan fingerprint density at radius 2 is 1.81 bits per heavy atom. The first-order valence-corrected chi connectivity index (χ1v) is 9.16. The molecular formula is C20H19N3O2S. The van der Waals surface area contributed by atoms with Gasteiger partial charge in [0.1, 0.15) is 6.04 Å². The lowest BCUT2D eigenvalue weighted by molar-refractivity contribution is -0.122. The molecule has 0 aliphatic rings. The summed E-state index contributed by atoms with van der Waals surface area (Å²) >= 11 is 1.53. The van der Waals surface area contributed by atoms with Crippen molar-refractivity contribution in [3.8, 4) is 11.3 Å². The maximum Gasteiger partial charge on any atom is 0.251 e. The van der Waals surface area contributed by atoms with Crippen LogP contribution in [0.5, 0.6) is 0 Å². The molecule has 0 saturated carbocycles. The quantitative estimate of drug-likeness (QED) is 0.706. The van der Waals surface area contributed by atoms with E-state index in [1.807, 2.05) is 47.8 Å². The highest BCUT2D eigenvalue weighted by atomic mass is 32.1. The fourth-order valence-electron chi connectivity index (χ4n) is 2.62. The molecule has 0 bridgehead atoms. The maximum atomic E-state index is 12.6. The third-order valence-corrected chi connectivity index (χ3v) is 4.61. The van der Waals surface area contributed by atoms with Crippen LogP contribution in [0, 0.1) is 0 Å². The van der Waals surface area contributed by atoms with Crippen molar-refractivity contribution in [1.29, 1.82) is 0 Å². The number of carbonyl (C=O) groups is 2. The minimum atomic E-state index is -0.631. The van der Waals surface area contributed by atoms with Gasteiger partial charge in [-0.05, 0) is 17.7 Å². The van der Waals surface area contributed by atoms with E-state index in [-0.39, 0.29) is 11.8 Å². The molecule has 0 saturated heterocycles. The van der Waals surface area contributed by atoms with Crippen molar-refractivity contribution in [3.63, 3.8) is 0 Å². The second kappa shape index (κ2) is 8.40. The lowest BCUT2D eigenvalue weighted by Gasteiger charge is -2.17. The molecule has 0 aliphatic heterocycles. The van der Waals surface area contributed by atoms with E-state index in [4.69, 9.17) is 0 Å². The van der Waals surface area contributed by atoms with E-state index in [1.165, 1.54) is 11.3 Å². The lowest BCUT2D eigenvalue weighted by Crippen LogP contribution is -2.47. The van der Waals surface area contributed by atoms with E-state index in [9.17, 15) is 9.59 Å². The normalized spacial score (nSPS) is 11.6. The van der Waals surface area contributed by atoms with Crippen LogP contribution in [-0.2, 0) is 11.2 Å². The summed E-state index contributed by atoms with van der Waals surface area (Å²) in [6.45, 7) is 0. The average Bonchev–Trinajstić information content (AvgIpc) is 3.22. The van der Waals surface area contributed by atoms with Gasteiger partial charge in [-0.25, -0.2) is 4.98 Å². The highest BCUT2D eigenvalue weighted by molar-refractivity contribution is 7.07. The van der Waals surface area contributed by atoms with Gasteiger partial charge in [-0.15, -0.1) is 11.3 Å². The average molecular weight is 365 g/mol. The Morgan fingerprint density at radius 3 is 2.42 bits per heavy atom. The number of nitrogens with one attached hydrogen (secondary N) is 2. The number of hydrogen-bond acceptors (Lipinski definition) is 4. The molecule has 3 rings (SSSR count). The van der Waals surface area contributed by atoms with Crippen molar-refractivity contribution < 1.29 is 9.59 Å². The Morgan fingerprint density at radius 1 is 1.08 bits per heavy atom. The first-order valence-electron chi connectivity index (χ1n) is 8.22. The number of thiazole rings is 1. The number of nitrogens with zero attached hydrogens (tertiary/aromatic N) is 1. The van der Waals surface area contributed by atoms with E-state index in [0.717, 1.165) is 16.8 Å². The van der Waals surface area contributed by atoms with Gasteiger partial charge in [0.15, 0.2) is 0 Å². The minimum Gasteiger partial charge on any atom is -0.357 e. The Balaban J connectivity index is 1.71. The van der Waals surface area contributed by atoms with Crippen molar-refractivity contribution in [2.45, 2.75) is 12.5 Å². The molecule has 2 aromatic carbocycles. The zero-order chi connectivity index (χ0) is 18.4. The van der Waals surface area contributed by atoms with E-state index in [2.05, 4.69) is 15.6 Å². The van der Waals surface area contributed by atoms with Crippen LogP contribution in [0.15, 0.2) is 65.5 Å². The van der Waals surface area contributed by atoms with Crippen molar-refractivity contribution in [1.82, 2.24) is 15.6 Å². The molecule has 5 nitrogen and oxygen atoms in total. The molecular weight excluding hydrogens is 346 g/mol. The van der Waals surface area contributed by atoms with Gasteiger partial charge in [0.05, 0.1) is 11.2 Å². The lowest BCUT2D eigenvalue weighted by atomic mass is 10.0. The summed E-state index contributed by atoms with van der Waals surface area (Å²) in [5.41, 5.74) is 5.10.